The lowest BCUT2D eigenvalue weighted by Gasteiger charge is -2.20. The Morgan fingerprint density at radius 2 is 1.95 bits per heavy atom. The zero-order valence-electron chi connectivity index (χ0n) is 11.2. The molecule has 1 heterocycles. The Hall–Kier alpha value is -1.05. The number of hydrogen-bond acceptors (Lipinski definition) is 3. The van der Waals surface area contributed by atoms with Crippen molar-refractivity contribution in [1.29, 1.82) is 5.26 Å². The first-order chi connectivity index (χ1) is 9.29. The van der Waals surface area contributed by atoms with Gasteiger partial charge in [-0.05, 0) is 44.1 Å². The lowest BCUT2D eigenvalue weighted by atomic mass is 10.2. The second-order valence-corrected chi connectivity index (χ2v) is 5.90. The van der Waals surface area contributed by atoms with Crippen LogP contribution in [0.2, 0.25) is 0 Å². The summed E-state index contributed by atoms with van der Waals surface area (Å²) >= 11 is 3.39. The molecule has 0 aliphatic carbocycles. The minimum absolute atomic E-state index is 0.699. The Morgan fingerprint density at radius 3 is 2.63 bits per heavy atom. The van der Waals surface area contributed by atoms with Gasteiger partial charge in [0, 0.05) is 17.6 Å². The van der Waals surface area contributed by atoms with Gasteiger partial charge in [-0.25, -0.2) is 0 Å². The molecule has 0 unspecified atom stereocenters. The van der Waals surface area contributed by atoms with Crippen LogP contribution in [-0.2, 0) is 0 Å². The largest absolute Gasteiger partial charge is 0.383 e. The van der Waals surface area contributed by atoms with Gasteiger partial charge in [0.2, 0.25) is 0 Å². The zero-order valence-corrected chi connectivity index (χ0v) is 12.7. The normalized spacial score (nSPS) is 16.6. The highest BCUT2D eigenvalue weighted by molar-refractivity contribution is 9.10. The summed E-state index contributed by atoms with van der Waals surface area (Å²) in [6.45, 7) is 4.39. The summed E-state index contributed by atoms with van der Waals surface area (Å²) in [6.07, 6.45) is 5.38. The number of nitrogens with zero attached hydrogens (tertiary/aromatic N) is 2. The molecular weight excluding hydrogens is 302 g/mol. The summed E-state index contributed by atoms with van der Waals surface area (Å²) in [6, 6.07) is 8.01. The molecule has 19 heavy (non-hydrogen) atoms. The van der Waals surface area contributed by atoms with E-state index in [0.717, 1.165) is 23.2 Å². The minimum Gasteiger partial charge on any atom is -0.383 e. The minimum atomic E-state index is 0.699. The topological polar surface area (TPSA) is 39.1 Å². The molecule has 0 aromatic heterocycles. The van der Waals surface area contributed by atoms with Crippen molar-refractivity contribution in [3.63, 3.8) is 0 Å². The molecule has 0 radical (unpaired) electrons. The summed E-state index contributed by atoms with van der Waals surface area (Å²) in [7, 11) is 0. The van der Waals surface area contributed by atoms with Gasteiger partial charge in [-0.1, -0.05) is 28.8 Å². The maximum atomic E-state index is 9.11. The van der Waals surface area contributed by atoms with Crippen LogP contribution in [0.4, 0.5) is 5.69 Å². The van der Waals surface area contributed by atoms with Crippen LogP contribution in [0.3, 0.4) is 0 Å². The SMILES string of the molecule is N#Cc1cc(Br)ccc1NCCN1CCCCCC1. The molecule has 0 amide bonds. The van der Waals surface area contributed by atoms with Crippen molar-refractivity contribution in [3.8, 4) is 6.07 Å². The molecular formula is C15H20BrN3. The Bertz CT molecular complexity index is 445. The molecule has 0 spiro atoms. The molecule has 1 fully saturated rings. The van der Waals surface area contributed by atoms with Crippen molar-refractivity contribution in [2.75, 3.05) is 31.5 Å². The van der Waals surface area contributed by atoms with E-state index in [1.807, 2.05) is 18.2 Å². The molecule has 4 heteroatoms. The molecule has 0 bridgehead atoms. The summed E-state index contributed by atoms with van der Waals surface area (Å²) in [5, 5.41) is 12.5. The molecule has 0 atom stereocenters. The lowest BCUT2D eigenvalue weighted by Crippen LogP contribution is -2.30. The summed E-state index contributed by atoms with van der Waals surface area (Å²) < 4.78 is 0.946. The third-order valence-electron chi connectivity index (χ3n) is 3.54. The highest BCUT2D eigenvalue weighted by atomic mass is 79.9. The zero-order chi connectivity index (χ0) is 13.5. The first-order valence-corrected chi connectivity index (χ1v) is 7.75. The molecule has 1 saturated heterocycles. The maximum Gasteiger partial charge on any atom is 0.101 e. The predicted octanol–water partition coefficient (Wildman–Crippen LogP) is 3.61. The first kappa shape index (κ1) is 14.4. The van der Waals surface area contributed by atoms with Gasteiger partial charge in [-0.15, -0.1) is 0 Å². The third kappa shape index (κ3) is 4.52. The number of halogens is 1. The Morgan fingerprint density at radius 1 is 1.21 bits per heavy atom. The van der Waals surface area contributed by atoms with Crippen LogP contribution in [0.15, 0.2) is 22.7 Å². The van der Waals surface area contributed by atoms with Gasteiger partial charge in [-0.3, -0.25) is 0 Å². The number of rotatable bonds is 4. The Kier molecular flexibility index (Phi) is 5.68. The molecule has 102 valence electrons. The standard InChI is InChI=1S/C15H20BrN3/c16-14-5-6-15(13(11-14)12-17)18-7-10-19-8-3-1-2-4-9-19/h5-6,11,18H,1-4,7-10H2. The van der Waals surface area contributed by atoms with E-state index in [1.54, 1.807) is 0 Å². The van der Waals surface area contributed by atoms with Crippen LogP contribution in [0.25, 0.3) is 0 Å². The highest BCUT2D eigenvalue weighted by Gasteiger charge is 2.08. The van der Waals surface area contributed by atoms with Gasteiger partial charge < -0.3 is 10.2 Å². The number of likely N-dealkylation sites (tertiary alicyclic amines) is 1. The van der Waals surface area contributed by atoms with Crippen molar-refractivity contribution in [1.82, 2.24) is 4.90 Å². The summed E-state index contributed by atoms with van der Waals surface area (Å²) in [5.41, 5.74) is 1.63. The second kappa shape index (κ2) is 7.52. The molecule has 3 nitrogen and oxygen atoms in total. The first-order valence-electron chi connectivity index (χ1n) is 6.95. The fourth-order valence-corrected chi connectivity index (χ4v) is 2.83. The molecule has 1 aromatic rings. The average Bonchev–Trinajstić information content (AvgIpc) is 2.69. The van der Waals surface area contributed by atoms with Crippen LogP contribution < -0.4 is 5.32 Å². The van der Waals surface area contributed by atoms with Crippen LogP contribution in [0.1, 0.15) is 31.2 Å². The molecule has 0 saturated carbocycles. The van der Waals surface area contributed by atoms with Crippen LogP contribution in [0.5, 0.6) is 0 Å². The summed E-state index contributed by atoms with van der Waals surface area (Å²) in [5.74, 6) is 0. The van der Waals surface area contributed by atoms with E-state index < -0.39 is 0 Å². The fraction of sp³-hybridized carbons (Fsp3) is 0.533. The van der Waals surface area contributed by atoms with Crippen LogP contribution >= 0.6 is 15.9 Å². The third-order valence-corrected chi connectivity index (χ3v) is 4.04. The van der Waals surface area contributed by atoms with Crippen LogP contribution in [0, 0.1) is 11.3 Å². The monoisotopic (exact) mass is 321 g/mol. The molecule has 2 rings (SSSR count). The quantitative estimate of drug-likeness (QED) is 0.920. The van der Waals surface area contributed by atoms with Crippen molar-refractivity contribution in [2.45, 2.75) is 25.7 Å². The number of anilines is 1. The van der Waals surface area contributed by atoms with Crippen molar-refractivity contribution in [2.24, 2.45) is 0 Å². The highest BCUT2D eigenvalue weighted by Crippen LogP contribution is 2.20. The van der Waals surface area contributed by atoms with E-state index >= 15 is 0 Å². The average molecular weight is 322 g/mol. The van der Waals surface area contributed by atoms with E-state index in [1.165, 1.54) is 38.8 Å². The number of hydrogen-bond donors (Lipinski definition) is 1. The second-order valence-electron chi connectivity index (χ2n) is 4.98. The van der Waals surface area contributed by atoms with E-state index in [9.17, 15) is 0 Å². The smallest absolute Gasteiger partial charge is 0.101 e. The van der Waals surface area contributed by atoms with E-state index in [2.05, 4.69) is 32.2 Å². The van der Waals surface area contributed by atoms with Gasteiger partial charge in [-0.2, -0.15) is 5.26 Å². The van der Waals surface area contributed by atoms with Gasteiger partial charge in [0.25, 0.3) is 0 Å². The van der Waals surface area contributed by atoms with Crippen molar-refractivity contribution in [3.05, 3.63) is 28.2 Å². The van der Waals surface area contributed by atoms with Gasteiger partial charge >= 0.3 is 0 Å². The lowest BCUT2D eigenvalue weighted by molar-refractivity contribution is 0.296. The van der Waals surface area contributed by atoms with E-state index in [4.69, 9.17) is 5.26 Å². The Balaban J connectivity index is 1.83. The van der Waals surface area contributed by atoms with E-state index in [0.29, 0.717) is 5.56 Å². The van der Waals surface area contributed by atoms with Crippen molar-refractivity contribution >= 4 is 21.6 Å². The Labute approximate surface area is 123 Å². The molecule has 1 aliphatic heterocycles. The number of nitriles is 1. The van der Waals surface area contributed by atoms with Crippen LogP contribution in [-0.4, -0.2) is 31.1 Å². The number of benzene rings is 1. The number of nitrogens with one attached hydrogen (secondary N) is 1. The maximum absolute atomic E-state index is 9.11. The van der Waals surface area contributed by atoms with Gasteiger partial charge in [0.15, 0.2) is 0 Å². The van der Waals surface area contributed by atoms with Crippen molar-refractivity contribution < 1.29 is 0 Å². The molecule has 1 aliphatic rings. The molecule has 1 aromatic carbocycles. The molecule has 1 N–H and O–H groups in total. The van der Waals surface area contributed by atoms with E-state index in [-0.39, 0.29) is 0 Å². The van der Waals surface area contributed by atoms with Gasteiger partial charge in [0.1, 0.15) is 6.07 Å². The predicted molar refractivity (Wildman–Crippen MR) is 82.3 cm³/mol. The summed E-state index contributed by atoms with van der Waals surface area (Å²) in [4.78, 5) is 2.52. The van der Waals surface area contributed by atoms with Gasteiger partial charge in [0.05, 0.1) is 11.3 Å². The fourth-order valence-electron chi connectivity index (χ4n) is 2.47.